The minimum Gasteiger partial charge on any atom is -0.300 e. The van der Waals surface area contributed by atoms with Gasteiger partial charge in [0.15, 0.2) is 11.6 Å². The summed E-state index contributed by atoms with van der Waals surface area (Å²) in [4.78, 5) is 8.40. The Bertz CT molecular complexity index is 903. The van der Waals surface area contributed by atoms with E-state index in [-0.39, 0.29) is 12.2 Å². The predicted molar refractivity (Wildman–Crippen MR) is 87.0 cm³/mol. The maximum atomic E-state index is 13.3. The first kappa shape index (κ1) is 14.9. The van der Waals surface area contributed by atoms with Gasteiger partial charge in [-0.05, 0) is 18.2 Å². The Hall–Kier alpha value is -1.61. The average molecular weight is 445 g/mol. The van der Waals surface area contributed by atoms with Crippen molar-refractivity contribution < 1.29 is 8.78 Å². The minimum atomic E-state index is -2.63. The second-order valence-electron chi connectivity index (χ2n) is 5.05. The van der Waals surface area contributed by atoms with Gasteiger partial charge in [-0.15, -0.1) is 0 Å². The topological polar surface area (TPSA) is 48.5 Å². The van der Waals surface area contributed by atoms with Crippen molar-refractivity contribution in [2.75, 3.05) is 0 Å². The molecule has 2 aromatic heterocycles. The van der Waals surface area contributed by atoms with E-state index < -0.39 is 6.43 Å². The third kappa shape index (κ3) is 2.33. The molecule has 4 rings (SSSR count). The van der Waals surface area contributed by atoms with Gasteiger partial charge in [0.05, 0.1) is 23.3 Å². The van der Waals surface area contributed by atoms with E-state index in [2.05, 4.69) is 46.9 Å². The van der Waals surface area contributed by atoms with Crippen molar-refractivity contribution in [3.05, 3.63) is 46.2 Å². The molecule has 3 heterocycles. The highest BCUT2D eigenvalue weighted by molar-refractivity contribution is 9.10. The third-order valence-electron chi connectivity index (χ3n) is 3.70. The van der Waals surface area contributed by atoms with Crippen LogP contribution in [0.15, 0.2) is 29.0 Å². The van der Waals surface area contributed by atoms with Gasteiger partial charge in [0.1, 0.15) is 12.0 Å². The van der Waals surface area contributed by atoms with Crippen LogP contribution in [-0.4, -0.2) is 24.3 Å². The van der Waals surface area contributed by atoms with Gasteiger partial charge in [-0.2, -0.15) is 5.10 Å². The molecule has 1 aliphatic heterocycles. The second kappa shape index (κ2) is 5.48. The number of halogens is 4. The Labute approximate surface area is 146 Å². The highest BCUT2D eigenvalue weighted by Gasteiger charge is 2.27. The van der Waals surface area contributed by atoms with E-state index in [0.717, 1.165) is 15.7 Å². The molecule has 1 aliphatic rings. The van der Waals surface area contributed by atoms with Gasteiger partial charge in [0, 0.05) is 10.0 Å². The summed E-state index contributed by atoms with van der Waals surface area (Å²) in [6.07, 6.45) is -1.20. The lowest BCUT2D eigenvalue weighted by atomic mass is 10.1. The van der Waals surface area contributed by atoms with Crippen molar-refractivity contribution in [3.8, 4) is 17.1 Å². The first-order valence-corrected chi connectivity index (χ1v) is 8.64. The summed E-state index contributed by atoms with van der Waals surface area (Å²) >= 11 is 6.78. The molecule has 0 fully saturated rings. The number of hydrogen-bond acceptors (Lipinski definition) is 3. The molecule has 0 unspecified atom stereocenters. The number of alkyl halides is 3. The van der Waals surface area contributed by atoms with Crippen LogP contribution in [0, 0.1) is 0 Å². The fraction of sp³-hybridized carbons (Fsp3) is 0.214. The number of fused-ring (bicyclic) bond motifs is 5. The zero-order chi connectivity index (χ0) is 16.1. The van der Waals surface area contributed by atoms with Crippen molar-refractivity contribution in [2.45, 2.75) is 18.3 Å². The molecule has 0 aliphatic carbocycles. The predicted octanol–water partition coefficient (Wildman–Crippen LogP) is 4.09. The molecule has 0 amide bonds. The van der Waals surface area contributed by atoms with Crippen LogP contribution in [0.2, 0.25) is 0 Å². The Morgan fingerprint density at radius 1 is 1.30 bits per heavy atom. The van der Waals surface area contributed by atoms with E-state index in [9.17, 15) is 8.78 Å². The van der Waals surface area contributed by atoms with Crippen LogP contribution in [0.1, 0.15) is 23.6 Å². The largest absolute Gasteiger partial charge is 0.300 e. The normalized spacial score (nSPS) is 12.7. The average Bonchev–Trinajstić information content (AvgIpc) is 3.09. The fourth-order valence-corrected chi connectivity index (χ4v) is 3.33. The van der Waals surface area contributed by atoms with E-state index in [0.29, 0.717) is 22.7 Å². The fourth-order valence-electron chi connectivity index (χ4n) is 2.73. The van der Waals surface area contributed by atoms with Crippen LogP contribution >= 0.6 is 31.9 Å². The van der Waals surface area contributed by atoms with E-state index in [1.54, 1.807) is 9.25 Å². The number of imidazole rings is 1. The maximum Gasteiger partial charge on any atom is 0.282 e. The summed E-state index contributed by atoms with van der Waals surface area (Å²) in [6.45, 7) is 0.196. The van der Waals surface area contributed by atoms with Crippen LogP contribution in [0.5, 0.6) is 0 Å². The van der Waals surface area contributed by atoms with Crippen LogP contribution < -0.4 is 0 Å². The van der Waals surface area contributed by atoms with Crippen molar-refractivity contribution in [1.29, 1.82) is 0 Å². The van der Waals surface area contributed by atoms with Gasteiger partial charge in [-0.25, -0.2) is 23.4 Å². The molecule has 9 heteroatoms. The summed E-state index contributed by atoms with van der Waals surface area (Å²) in [5.74, 6) is 1.26. The van der Waals surface area contributed by atoms with E-state index in [4.69, 9.17) is 0 Å². The first-order chi connectivity index (χ1) is 11.1. The molecule has 23 heavy (non-hydrogen) atoms. The lowest BCUT2D eigenvalue weighted by molar-refractivity contribution is 0.145. The van der Waals surface area contributed by atoms with Crippen molar-refractivity contribution >= 4 is 31.9 Å². The van der Waals surface area contributed by atoms with Crippen LogP contribution in [0.3, 0.4) is 0 Å². The zero-order valence-electron chi connectivity index (χ0n) is 11.5. The molecule has 5 nitrogen and oxygen atoms in total. The summed E-state index contributed by atoms with van der Waals surface area (Å²) in [6, 6.07) is 5.63. The van der Waals surface area contributed by atoms with Crippen molar-refractivity contribution in [2.24, 2.45) is 0 Å². The molecule has 0 saturated carbocycles. The molecular formula is C14H9Br2F2N5. The third-order valence-corrected chi connectivity index (χ3v) is 4.69. The summed E-state index contributed by atoms with van der Waals surface area (Å²) in [5.41, 5.74) is 1.78. The Balaban J connectivity index is 2.04. The van der Waals surface area contributed by atoms with Gasteiger partial charge < -0.3 is 4.57 Å². The van der Waals surface area contributed by atoms with Crippen molar-refractivity contribution in [1.82, 2.24) is 24.3 Å². The molecule has 1 aromatic carbocycles. The first-order valence-electron chi connectivity index (χ1n) is 6.72. The molecule has 3 aromatic rings. The number of hydrogen-bond donors (Lipinski definition) is 0. The van der Waals surface area contributed by atoms with E-state index >= 15 is 0 Å². The molecule has 0 N–H and O–H groups in total. The maximum absolute atomic E-state index is 13.3. The molecule has 0 spiro atoms. The van der Waals surface area contributed by atoms with Crippen LogP contribution in [0.25, 0.3) is 17.1 Å². The number of rotatable bonds is 2. The summed E-state index contributed by atoms with van der Waals surface area (Å²) < 4.78 is 30.8. The second-order valence-corrected chi connectivity index (χ2v) is 6.53. The van der Waals surface area contributed by atoms with Crippen molar-refractivity contribution in [3.63, 3.8) is 0 Å². The van der Waals surface area contributed by atoms with Crippen LogP contribution in [-0.2, 0) is 11.9 Å². The minimum absolute atomic E-state index is 0.196. The lowest BCUT2D eigenvalue weighted by Crippen LogP contribution is -2.07. The highest BCUT2D eigenvalue weighted by atomic mass is 79.9. The highest BCUT2D eigenvalue weighted by Crippen LogP contribution is 2.35. The molecule has 118 valence electrons. The standard InChI is InChI=1S/C14H9Br2F2N5/c15-4-11-20-14-8-3-7(16)1-2-9(8)22-6-19-12(13(17)18)10(22)5-23(14)21-11/h1-3,6,13H,4-5H2. The van der Waals surface area contributed by atoms with E-state index in [1.165, 1.54) is 6.33 Å². The van der Waals surface area contributed by atoms with Gasteiger partial charge in [0.25, 0.3) is 6.43 Å². The Kier molecular flexibility index (Phi) is 3.56. The number of aromatic nitrogens is 5. The van der Waals surface area contributed by atoms with Crippen LogP contribution in [0.4, 0.5) is 8.78 Å². The lowest BCUT2D eigenvalue weighted by Gasteiger charge is -2.09. The van der Waals surface area contributed by atoms with Gasteiger partial charge in [0.2, 0.25) is 0 Å². The molecule has 0 radical (unpaired) electrons. The van der Waals surface area contributed by atoms with E-state index in [1.807, 2.05) is 18.2 Å². The smallest absolute Gasteiger partial charge is 0.282 e. The molecule has 0 saturated heterocycles. The summed E-state index contributed by atoms with van der Waals surface area (Å²) in [7, 11) is 0. The quantitative estimate of drug-likeness (QED) is 0.437. The molecule has 0 atom stereocenters. The summed E-state index contributed by atoms with van der Waals surface area (Å²) in [5, 5.41) is 4.89. The van der Waals surface area contributed by atoms with Gasteiger partial charge in [-0.1, -0.05) is 31.9 Å². The number of benzene rings is 1. The van der Waals surface area contributed by atoms with Gasteiger partial charge >= 0.3 is 0 Å². The monoisotopic (exact) mass is 443 g/mol. The molecular weight excluding hydrogens is 436 g/mol. The Morgan fingerprint density at radius 3 is 2.87 bits per heavy atom. The SMILES string of the molecule is FC(F)c1ncn2c1Cn1nc(CBr)nc1-c1cc(Br)ccc1-2. The Morgan fingerprint density at radius 2 is 2.13 bits per heavy atom. The molecule has 0 bridgehead atoms. The zero-order valence-corrected chi connectivity index (χ0v) is 14.7. The van der Waals surface area contributed by atoms with Gasteiger partial charge in [-0.3, -0.25) is 0 Å². The number of nitrogens with zero attached hydrogens (tertiary/aromatic N) is 5.